The number of hydrogen-bond acceptors (Lipinski definition) is 2. The average molecular weight is 222 g/mol. The molecule has 0 unspecified atom stereocenters. The van der Waals surface area contributed by atoms with Crippen molar-refractivity contribution in [1.82, 2.24) is 0 Å². The Balaban J connectivity index is 2.08. The van der Waals surface area contributed by atoms with Crippen LogP contribution in [-0.2, 0) is 6.54 Å². The molecule has 0 spiro atoms. The number of alkyl halides is 1. The molecule has 0 bridgehead atoms. The van der Waals surface area contributed by atoms with Crippen LogP contribution in [-0.4, -0.2) is 18.8 Å². The fourth-order valence-corrected chi connectivity index (χ4v) is 2.11. The van der Waals surface area contributed by atoms with E-state index in [-0.39, 0.29) is 0 Å². The Bertz CT molecular complexity index is 353. The van der Waals surface area contributed by atoms with Crippen LogP contribution in [0.3, 0.4) is 0 Å². The standard InChI is InChI=1S/C13H19FN2/c1-13(14)5-7-16(8-6-13)12-4-2-3-11(9-12)10-15/h2-4,9H,5-8,10,15H2,1H3. The Morgan fingerprint density at radius 1 is 1.38 bits per heavy atom. The van der Waals surface area contributed by atoms with Crippen LogP contribution in [0.2, 0.25) is 0 Å². The SMILES string of the molecule is CC1(F)CCN(c2cccc(CN)c2)CC1. The van der Waals surface area contributed by atoms with Gasteiger partial charge in [0.25, 0.3) is 0 Å². The van der Waals surface area contributed by atoms with Crippen LogP contribution >= 0.6 is 0 Å². The predicted molar refractivity (Wildman–Crippen MR) is 65.3 cm³/mol. The van der Waals surface area contributed by atoms with Gasteiger partial charge < -0.3 is 10.6 Å². The van der Waals surface area contributed by atoms with Crippen molar-refractivity contribution in [3.05, 3.63) is 29.8 Å². The summed E-state index contributed by atoms with van der Waals surface area (Å²) in [4.78, 5) is 2.24. The van der Waals surface area contributed by atoms with E-state index >= 15 is 0 Å². The van der Waals surface area contributed by atoms with Crippen molar-refractivity contribution in [2.24, 2.45) is 5.73 Å². The summed E-state index contributed by atoms with van der Waals surface area (Å²) >= 11 is 0. The number of benzene rings is 1. The third-order valence-corrected chi connectivity index (χ3v) is 3.32. The lowest BCUT2D eigenvalue weighted by Gasteiger charge is -2.35. The van der Waals surface area contributed by atoms with E-state index in [1.165, 1.54) is 5.69 Å². The summed E-state index contributed by atoms with van der Waals surface area (Å²) in [5.74, 6) is 0. The zero-order valence-electron chi connectivity index (χ0n) is 9.75. The van der Waals surface area contributed by atoms with Gasteiger partial charge in [-0.15, -0.1) is 0 Å². The first-order valence-electron chi connectivity index (χ1n) is 5.84. The number of hydrogen-bond donors (Lipinski definition) is 1. The number of anilines is 1. The van der Waals surface area contributed by atoms with Gasteiger partial charge in [0.2, 0.25) is 0 Å². The summed E-state index contributed by atoms with van der Waals surface area (Å²) in [5, 5.41) is 0. The van der Waals surface area contributed by atoms with Gasteiger partial charge in [0.05, 0.1) is 0 Å². The first kappa shape index (κ1) is 11.4. The van der Waals surface area contributed by atoms with Gasteiger partial charge in [0.1, 0.15) is 5.67 Å². The maximum absolute atomic E-state index is 13.7. The molecule has 2 rings (SSSR count). The molecule has 1 aliphatic heterocycles. The third kappa shape index (κ3) is 2.53. The fraction of sp³-hybridized carbons (Fsp3) is 0.538. The minimum atomic E-state index is -0.984. The lowest BCUT2D eigenvalue weighted by atomic mass is 9.95. The number of nitrogens with two attached hydrogens (primary N) is 1. The van der Waals surface area contributed by atoms with Gasteiger partial charge in [-0.3, -0.25) is 0 Å². The average Bonchev–Trinajstić information content (AvgIpc) is 2.29. The van der Waals surface area contributed by atoms with Gasteiger partial charge in [-0.2, -0.15) is 0 Å². The number of piperidine rings is 1. The van der Waals surface area contributed by atoms with E-state index in [1.54, 1.807) is 6.92 Å². The minimum Gasteiger partial charge on any atom is -0.371 e. The lowest BCUT2D eigenvalue weighted by molar-refractivity contribution is 0.149. The molecule has 1 heterocycles. The first-order valence-corrected chi connectivity index (χ1v) is 5.84. The van der Waals surface area contributed by atoms with Crippen LogP contribution in [0.5, 0.6) is 0 Å². The van der Waals surface area contributed by atoms with Crippen LogP contribution in [0.25, 0.3) is 0 Å². The molecule has 1 aliphatic rings. The highest BCUT2D eigenvalue weighted by molar-refractivity contribution is 5.49. The van der Waals surface area contributed by atoms with Crippen LogP contribution in [0.15, 0.2) is 24.3 Å². The molecular formula is C13H19FN2. The largest absolute Gasteiger partial charge is 0.371 e. The Labute approximate surface area is 96.2 Å². The normalized spacial score (nSPS) is 19.8. The van der Waals surface area contributed by atoms with Crippen molar-refractivity contribution in [3.8, 4) is 0 Å². The zero-order chi connectivity index (χ0) is 11.6. The quantitative estimate of drug-likeness (QED) is 0.833. The van der Waals surface area contributed by atoms with Gasteiger partial charge in [0.15, 0.2) is 0 Å². The summed E-state index contributed by atoms with van der Waals surface area (Å²) in [5.41, 5.74) is 6.92. The number of rotatable bonds is 2. The number of halogens is 1. The molecule has 1 aromatic rings. The Morgan fingerprint density at radius 3 is 2.69 bits per heavy atom. The van der Waals surface area contributed by atoms with E-state index in [2.05, 4.69) is 17.0 Å². The van der Waals surface area contributed by atoms with Crippen LogP contribution in [0.4, 0.5) is 10.1 Å². The second-order valence-corrected chi connectivity index (χ2v) is 4.77. The van der Waals surface area contributed by atoms with Gasteiger partial charge in [-0.1, -0.05) is 12.1 Å². The molecular weight excluding hydrogens is 203 g/mol. The summed E-state index contributed by atoms with van der Waals surface area (Å²) in [7, 11) is 0. The number of nitrogens with zero attached hydrogens (tertiary/aromatic N) is 1. The summed E-state index contributed by atoms with van der Waals surface area (Å²) in [6.45, 7) is 3.84. The minimum absolute atomic E-state index is 0.558. The van der Waals surface area contributed by atoms with Gasteiger partial charge in [-0.05, 0) is 37.5 Å². The summed E-state index contributed by atoms with van der Waals surface area (Å²) < 4.78 is 13.7. The highest BCUT2D eigenvalue weighted by atomic mass is 19.1. The second-order valence-electron chi connectivity index (χ2n) is 4.77. The molecule has 1 fully saturated rings. The molecule has 0 aromatic heterocycles. The van der Waals surface area contributed by atoms with E-state index in [9.17, 15) is 4.39 Å². The van der Waals surface area contributed by atoms with E-state index in [1.807, 2.05) is 12.1 Å². The molecule has 16 heavy (non-hydrogen) atoms. The summed E-state index contributed by atoms with van der Waals surface area (Å²) in [6.07, 6.45) is 1.22. The maximum atomic E-state index is 13.7. The van der Waals surface area contributed by atoms with E-state index < -0.39 is 5.67 Å². The van der Waals surface area contributed by atoms with Crippen molar-refractivity contribution in [3.63, 3.8) is 0 Å². The summed E-state index contributed by atoms with van der Waals surface area (Å²) in [6, 6.07) is 8.20. The molecule has 0 atom stereocenters. The highest BCUT2D eigenvalue weighted by Gasteiger charge is 2.29. The zero-order valence-corrected chi connectivity index (χ0v) is 9.75. The second kappa shape index (κ2) is 4.42. The van der Waals surface area contributed by atoms with E-state index in [4.69, 9.17) is 5.73 Å². The van der Waals surface area contributed by atoms with Crippen molar-refractivity contribution in [1.29, 1.82) is 0 Å². The van der Waals surface area contributed by atoms with Crippen LogP contribution < -0.4 is 10.6 Å². The molecule has 3 heteroatoms. The van der Waals surface area contributed by atoms with Gasteiger partial charge >= 0.3 is 0 Å². The first-order chi connectivity index (χ1) is 7.61. The van der Waals surface area contributed by atoms with Gasteiger partial charge in [0, 0.05) is 25.3 Å². The molecule has 0 amide bonds. The molecule has 1 saturated heterocycles. The Hall–Kier alpha value is -1.09. The monoisotopic (exact) mass is 222 g/mol. The van der Waals surface area contributed by atoms with Crippen molar-refractivity contribution >= 4 is 5.69 Å². The van der Waals surface area contributed by atoms with E-state index in [0.29, 0.717) is 19.4 Å². The van der Waals surface area contributed by atoms with Crippen LogP contribution in [0.1, 0.15) is 25.3 Å². The van der Waals surface area contributed by atoms with Crippen LogP contribution in [0, 0.1) is 0 Å². The molecule has 88 valence electrons. The molecule has 1 aromatic carbocycles. The highest BCUT2D eigenvalue weighted by Crippen LogP contribution is 2.28. The van der Waals surface area contributed by atoms with Crippen molar-refractivity contribution in [2.45, 2.75) is 32.0 Å². The third-order valence-electron chi connectivity index (χ3n) is 3.32. The van der Waals surface area contributed by atoms with E-state index in [0.717, 1.165) is 18.7 Å². The smallest absolute Gasteiger partial charge is 0.111 e. The Kier molecular flexibility index (Phi) is 3.15. The molecule has 2 N–H and O–H groups in total. The van der Waals surface area contributed by atoms with Crippen molar-refractivity contribution in [2.75, 3.05) is 18.0 Å². The molecule has 0 saturated carbocycles. The fourth-order valence-electron chi connectivity index (χ4n) is 2.11. The Morgan fingerprint density at radius 2 is 2.06 bits per heavy atom. The maximum Gasteiger partial charge on any atom is 0.111 e. The predicted octanol–water partition coefficient (Wildman–Crippen LogP) is 2.47. The van der Waals surface area contributed by atoms with Crippen molar-refractivity contribution < 1.29 is 4.39 Å². The molecule has 0 aliphatic carbocycles. The molecule has 2 nitrogen and oxygen atoms in total. The van der Waals surface area contributed by atoms with Gasteiger partial charge in [-0.25, -0.2) is 4.39 Å². The molecule has 0 radical (unpaired) electrons. The topological polar surface area (TPSA) is 29.3 Å². The lowest BCUT2D eigenvalue weighted by Crippen LogP contribution is -2.40.